The Morgan fingerprint density at radius 3 is 2.81 bits per heavy atom. The van der Waals surface area contributed by atoms with Crippen molar-refractivity contribution in [3.8, 4) is 0 Å². The van der Waals surface area contributed by atoms with Crippen molar-refractivity contribution in [1.29, 1.82) is 0 Å². The lowest BCUT2D eigenvalue weighted by Crippen LogP contribution is -2.44. The maximum atomic E-state index is 12.1. The van der Waals surface area contributed by atoms with Crippen LogP contribution in [0.4, 0.5) is 0 Å². The van der Waals surface area contributed by atoms with Crippen LogP contribution in [-0.2, 0) is 0 Å². The predicted molar refractivity (Wildman–Crippen MR) is 92.4 cm³/mol. The fourth-order valence-corrected chi connectivity index (χ4v) is 2.73. The summed E-state index contributed by atoms with van der Waals surface area (Å²) in [5.41, 5.74) is 1.76. The number of nitrogens with zero attached hydrogens (tertiary/aromatic N) is 1. The molecule has 1 heterocycles. The molecule has 1 fully saturated rings. The molecule has 6 heteroatoms. The quantitative estimate of drug-likeness (QED) is 0.774. The van der Waals surface area contributed by atoms with E-state index in [-0.39, 0.29) is 18.3 Å². The summed E-state index contributed by atoms with van der Waals surface area (Å²) in [6.45, 7) is 8.11. The number of carbonyl (C=O) groups is 1. The minimum absolute atomic E-state index is 0. The summed E-state index contributed by atoms with van der Waals surface area (Å²) in [5, 5.41) is 6.35. The molecule has 1 aromatic carbocycles. The van der Waals surface area contributed by atoms with E-state index in [1.54, 1.807) is 0 Å². The summed E-state index contributed by atoms with van der Waals surface area (Å²) in [6, 6.07) is 5.79. The Labute approximate surface area is 141 Å². The highest BCUT2D eigenvalue weighted by molar-refractivity contribution is 9.10. The van der Waals surface area contributed by atoms with Gasteiger partial charge in [-0.25, -0.2) is 0 Å². The highest BCUT2D eigenvalue weighted by atomic mass is 79.9. The fourth-order valence-electron chi connectivity index (χ4n) is 2.37. The predicted octanol–water partition coefficient (Wildman–Crippen LogP) is 2.20. The molecule has 2 rings (SSSR count). The van der Waals surface area contributed by atoms with Crippen LogP contribution in [0.3, 0.4) is 0 Å². The van der Waals surface area contributed by atoms with Crippen LogP contribution in [0.1, 0.15) is 22.3 Å². The summed E-state index contributed by atoms with van der Waals surface area (Å²) in [4.78, 5) is 14.6. The third-order valence-corrected chi connectivity index (χ3v) is 4.08. The average Bonchev–Trinajstić information content (AvgIpc) is 2.47. The summed E-state index contributed by atoms with van der Waals surface area (Å²) in [6.07, 6.45) is 0.999. The Morgan fingerprint density at radius 1 is 1.38 bits per heavy atom. The number of piperazine rings is 1. The molecule has 0 spiro atoms. The second-order valence-electron chi connectivity index (χ2n) is 5.16. The molecule has 1 aromatic rings. The summed E-state index contributed by atoms with van der Waals surface area (Å²) in [7, 11) is 0. The minimum atomic E-state index is 0. The van der Waals surface area contributed by atoms with Crippen molar-refractivity contribution in [2.75, 3.05) is 39.3 Å². The molecular weight excluding hydrogens is 354 g/mol. The van der Waals surface area contributed by atoms with Crippen molar-refractivity contribution in [2.45, 2.75) is 13.3 Å². The van der Waals surface area contributed by atoms with Crippen LogP contribution in [0.2, 0.25) is 0 Å². The SMILES string of the molecule is Cc1ccc(Br)cc1C(=O)NCCCN1CCNCC1.Cl. The van der Waals surface area contributed by atoms with Crippen molar-refractivity contribution >= 4 is 34.2 Å². The van der Waals surface area contributed by atoms with Crippen LogP contribution < -0.4 is 10.6 Å². The van der Waals surface area contributed by atoms with Gasteiger partial charge >= 0.3 is 0 Å². The molecule has 0 aliphatic carbocycles. The smallest absolute Gasteiger partial charge is 0.251 e. The van der Waals surface area contributed by atoms with Gasteiger partial charge in [-0.1, -0.05) is 22.0 Å². The van der Waals surface area contributed by atoms with E-state index >= 15 is 0 Å². The van der Waals surface area contributed by atoms with Gasteiger partial charge in [-0.3, -0.25) is 4.79 Å². The number of rotatable bonds is 5. The topological polar surface area (TPSA) is 44.4 Å². The van der Waals surface area contributed by atoms with Crippen molar-refractivity contribution in [3.63, 3.8) is 0 Å². The third-order valence-electron chi connectivity index (χ3n) is 3.59. The van der Waals surface area contributed by atoms with E-state index in [1.165, 1.54) is 0 Å². The first kappa shape index (κ1) is 18.4. The molecule has 1 saturated heterocycles. The first-order chi connectivity index (χ1) is 9.66. The van der Waals surface area contributed by atoms with Crippen molar-refractivity contribution in [1.82, 2.24) is 15.5 Å². The van der Waals surface area contributed by atoms with Gasteiger partial charge < -0.3 is 15.5 Å². The maximum Gasteiger partial charge on any atom is 0.251 e. The Morgan fingerprint density at radius 2 is 2.10 bits per heavy atom. The van der Waals surface area contributed by atoms with Crippen molar-refractivity contribution < 1.29 is 4.79 Å². The lowest BCUT2D eigenvalue weighted by atomic mass is 10.1. The van der Waals surface area contributed by atoms with E-state index in [1.807, 2.05) is 25.1 Å². The summed E-state index contributed by atoms with van der Waals surface area (Å²) >= 11 is 3.41. The van der Waals surface area contributed by atoms with Crippen LogP contribution in [0, 0.1) is 6.92 Å². The van der Waals surface area contributed by atoms with E-state index < -0.39 is 0 Å². The molecule has 0 unspecified atom stereocenters. The number of hydrogen-bond acceptors (Lipinski definition) is 3. The maximum absolute atomic E-state index is 12.1. The van der Waals surface area contributed by atoms with Crippen LogP contribution in [-0.4, -0.2) is 50.1 Å². The standard InChI is InChI=1S/C15H22BrN3O.ClH/c1-12-3-4-13(16)11-14(12)15(20)18-5-2-8-19-9-6-17-7-10-19;/h3-4,11,17H,2,5-10H2,1H3,(H,18,20);1H. The zero-order valence-corrected chi connectivity index (χ0v) is 14.7. The molecule has 0 bridgehead atoms. The van der Waals surface area contributed by atoms with E-state index in [4.69, 9.17) is 0 Å². The fraction of sp³-hybridized carbons (Fsp3) is 0.533. The van der Waals surface area contributed by atoms with Gasteiger partial charge in [0.15, 0.2) is 0 Å². The number of halogens is 2. The monoisotopic (exact) mass is 375 g/mol. The van der Waals surface area contributed by atoms with E-state index in [0.29, 0.717) is 0 Å². The van der Waals surface area contributed by atoms with Gasteiger partial charge in [-0.15, -0.1) is 12.4 Å². The van der Waals surface area contributed by atoms with Crippen LogP contribution in [0.15, 0.2) is 22.7 Å². The van der Waals surface area contributed by atoms with Gasteiger partial charge in [0, 0.05) is 42.8 Å². The highest BCUT2D eigenvalue weighted by Crippen LogP contribution is 2.15. The van der Waals surface area contributed by atoms with Gasteiger partial charge in [-0.05, 0) is 37.6 Å². The van der Waals surface area contributed by atoms with Gasteiger partial charge in [0.2, 0.25) is 0 Å². The second kappa shape index (κ2) is 9.41. The first-order valence-corrected chi connectivity index (χ1v) is 7.93. The number of benzene rings is 1. The van der Waals surface area contributed by atoms with E-state index in [0.717, 1.165) is 61.3 Å². The zero-order chi connectivity index (χ0) is 14.4. The molecule has 2 N–H and O–H groups in total. The lowest BCUT2D eigenvalue weighted by Gasteiger charge is -2.27. The van der Waals surface area contributed by atoms with Crippen LogP contribution >= 0.6 is 28.3 Å². The molecule has 0 aromatic heterocycles. The first-order valence-electron chi connectivity index (χ1n) is 7.14. The largest absolute Gasteiger partial charge is 0.352 e. The molecule has 118 valence electrons. The van der Waals surface area contributed by atoms with Gasteiger partial charge in [-0.2, -0.15) is 0 Å². The summed E-state index contributed by atoms with van der Waals surface area (Å²) in [5.74, 6) is 0.0177. The molecule has 4 nitrogen and oxygen atoms in total. The molecule has 0 atom stereocenters. The van der Waals surface area contributed by atoms with E-state index in [2.05, 4.69) is 31.5 Å². The molecule has 21 heavy (non-hydrogen) atoms. The highest BCUT2D eigenvalue weighted by Gasteiger charge is 2.10. The Kier molecular flexibility index (Phi) is 8.26. The molecule has 0 saturated carbocycles. The van der Waals surface area contributed by atoms with Crippen LogP contribution in [0.5, 0.6) is 0 Å². The zero-order valence-electron chi connectivity index (χ0n) is 12.3. The molecule has 1 aliphatic heterocycles. The number of carbonyl (C=O) groups excluding carboxylic acids is 1. The third kappa shape index (κ3) is 5.94. The normalized spacial score (nSPS) is 15.3. The van der Waals surface area contributed by atoms with Gasteiger partial charge in [0.1, 0.15) is 0 Å². The Bertz CT molecular complexity index is 464. The number of hydrogen-bond donors (Lipinski definition) is 2. The summed E-state index contributed by atoms with van der Waals surface area (Å²) < 4.78 is 0.939. The molecule has 1 aliphatic rings. The number of nitrogens with one attached hydrogen (secondary N) is 2. The van der Waals surface area contributed by atoms with Gasteiger partial charge in [0.05, 0.1) is 0 Å². The number of aryl methyl sites for hydroxylation is 1. The Hall–Kier alpha value is -0.620. The lowest BCUT2D eigenvalue weighted by molar-refractivity contribution is 0.0950. The van der Waals surface area contributed by atoms with Gasteiger partial charge in [0.25, 0.3) is 5.91 Å². The number of amides is 1. The minimum Gasteiger partial charge on any atom is -0.352 e. The molecule has 1 amide bonds. The van der Waals surface area contributed by atoms with E-state index in [9.17, 15) is 4.79 Å². The van der Waals surface area contributed by atoms with Crippen LogP contribution in [0.25, 0.3) is 0 Å². The molecule has 0 radical (unpaired) electrons. The second-order valence-corrected chi connectivity index (χ2v) is 6.08. The average molecular weight is 377 g/mol. The Balaban J connectivity index is 0.00000220. The van der Waals surface area contributed by atoms with Crippen molar-refractivity contribution in [3.05, 3.63) is 33.8 Å². The van der Waals surface area contributed by atoms with Crippen molar-refractivity contribution in [2.24, 2.45) is 0 Å². The molecular formula is C15H23BrClN3O.